The molecule has 2 heterocycles. The molecule has 0 spiro atoms. The van der Waals surface area contributed by atoms with E-state index in [-0.39, 0.29) is 48.5 Å². The maximum atomic E-state index is 14.0. The normalized spacial score (nSPS) is 14.2. The highest BCUT2D eigenvalue weighted by molar-refractivity contribution is 7.89. The minimum Gasteiger partial charge on any atom is -0.350 e. The number of sulfonamides is 1. The number of aromatic nitrogens is 1. The molecule has 0 radical (unpaired) electrons. The van der Waals surface area contributed by atoms with E-state index in [0.29, 0.717) is 25.1 Å². The van der Waals surface area contributed by atoms with Crippen molar-refractivity contribution in [3.8, 4) is 0 Å². The van der Waals surface area contributed by atoms with Crippen molar-refractivity contribution in [1.82, 2.24) is 19.5 Å². The van der Waals surface area contributed by atoms with Crippen LogP contribution in [0.3, 0.4) is 0 Å². The average Bonchev–Trinajstić information content (AvgIpc) is 3.63. The van der Waals surface area contributed by atoms with Crippen molar-refractivity contribution in [2.45, 2.75) is 56.1 Å². The van der Waals surface area contributed by atoms with Crippen molar-refractivity contribution in [3.63, 3.8) is 0 Å². The molecule has 1 aliphatic heterocycles. The number of hydrogen-bond donors (Lipinski definition) is 1. The van der Waals surface area contributed by atoms with Gasteiger partial charge in [-0.1, -0.05) is 60.7 Å². The minimum atomic E-state index is -3.53. The van der Waals surface area contributed by atoms with Gasteiger partial charge in [0.15, 0.2) is 0 Å². The summed E-state index contributed by atoms with van der Waals surface area (Å²) in [5.74, 6) is -0.943. The largest absolute Gasteiger partial charge is 0.350 e. The molecule has 1 aliphatic rings. The van der Waals surface area contributed by atoms with Crippen molar-refractivity contribution < 1.29 is 22.4 Å². The molecular formula is C35H37FN4O4S. The van der Waals surface area contributed by atoms with Gasteiger partial charge in [-0.05, 0) is 71.8 Å². The number of carbonyl (C=O) groups is 2. The number of carbonyl (C=O) groups excluding carboxylic acids is 2. The molecule has 1 fully saturated rings. The Labute approximate surface area is 264 Å². The highest BCUT2D eigenvalue weighted by atomic mass is 32.2. The molecule has 1 aromatic heterocycles. The van der Waals surface area contributed by atoms with Gasteiger partial charge in [-0.3, -0.25) is 14.6 Å². The number of halogens is 1. The van der Waals surface area contributed by atoms with Gasteiger partial charge in [0.2, 0.25) is 21.8 Å². The molecule has 45 heavy (non-hydrogen) atoms. The van der Waals surface area contributed by atoms with Crippen LogP contribution in [-0.4, -0.2) is 53.6 Å². The van der Waals surface area contributed by atoms with E-state index in [1.165, 1.54) is 16.4 Å². The molecule has 234 valence electrons. The fourth-order valence-electron chi connectivity index (χ4n) is 5.45. The molecule has 0 unspecified atom stereocenters. The van der Waals surface area contributed by atoms with Gasteiger partial charge < -0.3 is 10.2 Å². The summed E-state index contributed by atoms with van der Waals surface area (Å²) < 4.78 is 41.1. The first kappa shape index (κ1) is 32.0. The van der Waals surface area contributed by atoms with Crippen LogP contribution in [0.4, 0.5) is 4.39 Å². The number of rotatable bonds is 13. The average molecular weight is 629 g/mol. The summed E-state index contributed by atoms with van der Waals surface area (Å²) in [5.41, 5.74) is 3.23. The van der Waals surface area contributed by atoms with Crippen molar-refractivity contribution in [1.29, 1.82) is 0 Å². The lowest BCUT2D eigenvalue weighted by atomic mass is 10.0. The van der Waals surface area contributed by atoms with E-state index in [4.69, 9.17) is 0 Å². The Balaban J connectivity index is 1.36. The third-order valence-corrected chi connectivity index (χ3v) is 9.89. The lowest BCUT2D eigenvalue weighted by Crippen LogP contribution is -2.50. The first-order chi connectivity index (χ1) is 21.8. The SMILES string of the molecule is O=C(NCc1cccnc1)[C@@H](Cc1ccccc1)N(Cc1ccc(F)cc1)C(=O)CCc1ccc(S(=O)(=O)N2CCCC2)cc1. The number of nitrogens with zero attached hydrogens (tertiary/aromatic N) is 3. The van der Waals surface area contributed by atoms with Crippen LogP contribution in [0.25, 0.3) is 0 Å². The highest BCUT2D eigenvalue weighted by Crippen LogP contribution is 2.22. The Morgan fingerprint density at radius 3 is 2.18 bits per heavy atom. The number of amides is 2. The standard InChI is InChI=1S/C35H37FN4O4S/c36-31-15-10-29(11-16-31)26-40(33(23-28-7-2-1-3-8-28)35(42)38-25-30-9-6-20-37-24-30)34(41)19-14-27-12-17-32(18-13-27)45(43,44)39-21-4-5-22-39/h1-3,6-13,15-18,20,24,33H,4-5,14,19,21-23,25-26H2,(H,38,42)/t33-/m1/s1. The van der Waals surface area contributed by atoms with Gasteiger partial charge in [0.1, 0.15) is 11.9 Å². The van der Waals surface area contributed by atoms with Gasteiger partial charge in [0, 0.05) is 51.4 Å². The van der Waals surface area contributed by atoms with E-state index in [2.05, 4.69) is 10.3 Å². The number of hydrogen-bond acceptors (Lipinski definition) is 5. The predicted octanol–water partition coefficient (Wildman–Crippen LogP) is 4.89. The third-order valence-electron chi connectivity index (χ3n) is 7.98. The van der Waals surface area contributed by atoms with Crippen molar-refractivity contribution in [3.05, 3.63) is 131 Å². The van der Waals surface area contributed by atoms with Gasteiger partial charge in [0.05, 0.1) is 4.90 Å². The monoisotopic (exact) mass is 628 g/mol. The molecule has 5 rings (SSSR count). The molecular weight excluding hydrogens is 591 g/mol. The van der Waals surface area contributed by atoms with Crippen LogP contribution >= 0.6 is 0 Å². The first-order valence-corrected chi connectivity index (χ1v) is 16.6. The van der Waals surface area contributed by atoms with Crippen LogP contribution in [0.1, 0.15) is 41.5 Å². The second kappa shape index (κ2) is 15.0. The van der Waals surface area contributed by atoms with Gasteiger partial charge >= 0.3 is 0 Å². The predicted molar refractivity (Wildman–Crippen MR) is 170 cm³/mol. The molecule has 1 saturated heterocycles. The summed E-state index contributed by atoms with van der Waals surface area (Å²) in [4.78, 5) is 33.7. The molecule has 0 saturated carbocycles. The van der Waals surface area contributed by atoms with Gasteiger partial charge in [0.25, 0.3) is 0 Å². The molecule has 4 aromatic rings. The summed E-state index contributed by atoms with van der Waals surface area (Å²) in [6.07, 6.45) is 5.80. The van der Waals surface area contributed by atoms with E-state index in [0.717, 1.165) is 29.5 Å². The molecule has 10 heteroatoms. The number of nitrogens with one attached hydrogen (secondary N) is 1. The highest BCUT2D eigenvalue weighted by Gasteiger charge is 2.31. The molecule has 0 aliphatic carbocycles. The molecule has 8 nitrogen and oxygen atoms in total. The van der Waals surface area contributed by atoms with Crippen LogP contribution in [0, 0.1) is 5.82 Å². The van der Waals surface area contributed by atoms with Crippen molar-refractivity contribution in [2.75, 3.05) is 13.1 Å². The third kappa shape index (κ3) is 8.61. The summed E-state index contributed by atoms with van der Waals surface area (Å²) in [6.45, 7) is 1.43. The summed E-state index contributed by atoms with van der Waals surface area (Å²) >= 11 is 0. The fourth-order valence-corrected chi connectivity index (χ4v) is 6.97. The van der Waals surface area contributed by atoms with Gasteiger partial charge in [-0.25, -0.2) is 12.8 Å². The molecule has 0 bridgehead atoms. The van der Waals surface area contributed by atoms with Crippen LogP contribution < -0.4 is 5.32 Å². The van der Waals surface area contributed by atoms with Crippen LogP contribution in [0.15, 0.2) is 108 Å². The second-order valence-electron chi connectivity index (χ2n) is 11.2. The zero-order valence-corrected chi connectivity index (χ0v) is 25.8. The summed E-state index contributed by atoms with van der Waals surface area (Å²) in [6, 6.07) is 24.9. The molecule has 1 atom stereocenters. The maximum absolute atomic E-state index is 14.0. The van der Waals surface area contributed by atoms with E-state index in [1.54, 1.807) is 59.8 Å². The Morgan fingerprint density at radius 1 is 0.844 bits per heavy atom. The number of pyridine rings is 1. The Hall–Kier alpha value is -4.41. The smallest absolute Gasteiger partial charge is 0.243 e. The van der Waals surface area contributed by atoms with Crippen molar-refractivity contribution >= 4 is 21.8 Å². The van der Waals surface area contributed by atoms with E-state index < -0.39 is 16.1 Å². The Kier molecular flexibility index (Phi) is 10.7. The minimum absolute atomic E-state index is 0.0978. The Morgan fingerprint density at radius 2 is 1.51 bits per heavy atom. The summed E-state index contributed by atoms with van der Waals surface area (Å²) in [5, 5.41) is 2.97. The maximum Gasteiger partial charge on any atom is 0.243 e. The molecule has 1 N–H and O–H groups in total. The van der Waals surface area contributed by atoms with Gasteiger partial charge in [-0.2, -0.15) is 4.31 Å². The summed E-state index contributed by atoms with van der Waals surface area (Å²) in [7, 11) is -3.53. The van der Waals surface area contributed by atoms with Crippen molar-refractivity contribution in [2.24, 2.45) is 0 Å². The van der Waals surface area contributed by atoms with Crippen LogP contribution in [-0.2, 0) is 45.5 Å². The zero-order valence-electron chi connectivity index (χ0n) is 25.0. The Bertz CT molecular complexity index is 1660. The van der Waals surface area contributed by atoms with Gasteiger partial charge in [-0.15, -0.1) is 0 Å². The molecule has 3 aromatic carbocycles. The topological polar surface area (TPSA) is 99.7 Å². The van der Waals surface area contributed by atoms with E-state index in [1.807, 2.05) is 36.4 Å². The first-order valence-electron chi connectivity index (χ1n) is 15.1. The lowest BCUT2D eigenvalue weighted by Gasteiger charge is -2.31. The quantitative estimate of drug-likeness (QED) is 0.227. The second-order valence-corrected chi connectivity index (χ2v) is 13.1. The number of aryl methyl sites for hydroxylation is 1. The fraction of sp³-hybridized carbons (Fsp3) is 0.286. The molecule has 2 amide bonds. The van der Waals surface area contributed by atoms with Crippen LogP contribution in [0.2, 0.25) is 0 Å². The number of benzene rings is 3. The van der Waals surface area contributed by atoms with E-state index >= 15 is 0 Å². The van der Waals surface area contributed by atoms with E-state index in [9.17, 15) is 22.4 Å². The lowest BCUT2D eigenvalue weighted by molar-refractivity contribution is -0.141. The zero-order chi connectivity index (χ0) is 31.6. The van der Waals surface area contributed by atoms with Crippen LogP contribution in [0.5, 0.6) is 0 Å².